The Balaban J connectivity index is 1.47. The minimum atomic E-state index is -0.416. The van der Waals surface area contributed by atoms with E-state index in [1.807, 2.05) is 61.5 Å². The molecule has 1 N–H and O–H groups in total. The number of nitrogens with zero attached hydrogens (tertiary/aromatic N) is 1. The Hall–Kier alpha value is -3.76. The number of benzene rings is 3. The predicted octanol–water partition coefficient (Wildman–Crippen LogP) is 6.12. The largest absolute Gasteiger partial charge is 0.493 e. The Kier molecular flexibility index (Phi) is 9.67. The highest BCUT2D eigenvalue weighted by Crippen LogP contribution is 2.39. The lowest BCUT2D eigenvalue weighted by Gasteiger charge is -2.16. The second-order valence-electron chi connectivity index (χ2n) is 8.33. The lowest BCUT2D eigenvalue weighted by Crippen LogP contribution is -2.23. The van der Waals surface area contributed by atoms with Gasteiger partial charge in [-0.3, -0.25) is 9.59 Å². The number of aliphatic imine (C=N–C) groups is 1. The average Bonchev–Trinajstić information content (AvgIpc) is 3.25. The van der Waals surface area contributed by atoms with Gasteiger partial charge in [0.05, 0.1) is 23.1 Å². The number of ether oxygens (including phenoxy) is 4. The number of methoxy groups -OCH3 is 1. The number of halogens is 1. The number of rotatable bonds is 10. The van der Waals surface area contributed by atoms with E-state index in [0.29, 0.717) is 51.2 Å². The first-order valence-corrected chi connectivity index (χ1v) is 13.7. The predicted molar refractivity (Wildman–Crippen MR) is 155 cm³/mol. The molecular weight excluding hydrogens is 584 g/mol. The number of thioether (sulfide) groups is 1. The first-order chi connectivity index (χ1) is 18.9. The van der Waals surface area contributed by atoms with E-state index in [1.54, 1.807) is 19.3 Å². The van der Waals surface area contributed by atoms with Gasteiger partial charge >= 0.3 is 0 Å². The van der Waals surface area contributed by atoms with E-state index in [-0.39, 0.29) is 17.7 Å². The zero-order chi connectivity index (χ0) is 27.8. The number of amides is 2. The number of hydrogen-bond acceptors (Lipinski definition) is 7. The van der Waals surface area contributed by atoms with Crippen molar-refractivity contribution in [1.29, 1.82) is 0 Å². The summed E-state index contributed by atoms with van der Waals surface area (Å²) in [6.45, 7) is 4.49. The number of hydrogen-bond donors (Lipinski definition) is 1. The molecule has 0 atom stereocenters. The topological polar surface area (TPSA) is 95.5 Å². The van der Waals surface area contributed by atoms with Crippen LogP contribution in [0.15, 0.2) is 75.0 Å². The Bertz CT molecular complexity index is 1420. The number of nitrogens with one attached hydrogen (secondary N) is 1. The fraction of sp³-hybridized carbons (Fsp3) is 0.207. The molecule has 0 aromatic heterocycles. The molecule has 4 rings (SSSR count). The highest BCUT2D eigenvalue weighted by atomic mass is 79.9. The molecule has 8 nitrogen and oxygen atoms in total. The van der Waals surface area contributed by atoms with Gasteiger partial charge in [0, 0.05) is 6.92 Å². The Morgan fingerprint density at radius 3 is 2.46 bits per heavy atom. The number of carbonyl (C=O) groups excluding carboxylic acids is 2. The molecule has 10 heteroatoms. The summed E-state index contributed by atoms with van der Waals surface area (Å²) in [5.41, 5.74) is 2.67. The standard InChI is InChI=1S/C29H27BrN2O6S/c1-4-36-24-13-20(10-11-23(24)37-16-19-8-6-5-7-9-19)17-38-27-22(30)12-21(14-25(27)35-3)15-26-28(34)32-29(39-26)31-18(2)33/h5-15H,4,16-17H2,1-3H3,(H,31,32,33,34)/b26-15+. The van der Waals surface area contributed by atoms with Gasteiger partial charge in [-0.15, -0.1) is 0 Å². The van der Waals surface area contributed by atoms with Crippen molar-refractivity contribution < 1.29 is 28.5 Å². The molecule has 39 heavy (non-hydrogen) atoms. The van der Waals surface area contributed by atoms with Gasteiger partial charge in [-0.1, -0.05) is 36.4 Å². The second-order valence-corrected chi connectivity index (χ2v) is 10.2. The van der Waals surface area contributed by atoms with E-state index in [4.69, 9.17) is 18.9 Å². The summed E-state index contributed by atoms with van der Waals surface area (Å²) >= 11 is 4.66. The van der Waals surface area contributed by atoms with E-state index in [9.17, 15) is 9.59 Å². The van der Waals surface area contributed by atoms with Crippen molar-refractivity contribution in [3.05, 3.63) is 86.7 Å². The molecule has 0 fully saturated rings. The zero-order valence-corrected chi connectivity index (χ0v) is 24.1. The molecule has 0 aliphatic carbocycles. The van der Waals surface area contributed by atoms with Crippen LogP contribution < -0.4 is 24.3 Å². The molecule has 1 aliphatic rings. The third kappa shape index (κ3) is 7.64. The monoisotopic (exact) mass is 610 g/mol. The fourth-order valence-corrected chi connectivity index (χ4v) is 5.08. The molecule has 3 aromatic rings. The summed E-state index contributed by atoms with van der Waals surface area (Å²) in [5.74, 6) is 1.60. The molecule has 0 unspecified atom stereocenters. The summed E-state index contributed by atoms with van der Waals surface area (Å²) in [5, 5.41) is 2.79. The normalized spacial score (nSPS) is 13.7. The summed E-state index contributed by atoms with van der Waals surface area (Å²) in [6, 6.07) is 19.2. The molecule has 0 radical (unpaired) electrons. The molecule has 2 amide bonds. The van der Waals surface area contributed by atoms with E-state index < -0.39 is 5.91 Å². The van der Waals surface area contributed by atoms with Gasteiger partial charge in [-0.25, -0.2) is 0 Å². The summed E-state index contributed by atoms with van der Waals surface area (Å²) in [7, 11) is 1.55. The first kappa shape index (κ1) is 28.3. The number of amidine groups is 1. The highest BCUT2D eigenvalue weighted by Gasteiger charge is 2.23. The summed E-state index contributed by atoms with van der Waals surface area (Å²) in [4.78, 5) is 27.7. The van der Waals surface area contributed by atoms with Gasteiger partial charge in [0.2, 0.25) is 5.91 Å². The minimum Gasteiger partial charge on any atom is -0.493 e. The van der Waals surface area contributed by atoms with Gasteiger partial charge in [-0.2, -0.15) is 4.99 Å². The molecule has 0 saturated carbocycles. The van der Waals surface area contributed by atoms with E-state index in [1.165, 1.54) is 6.92 Å². The van der Waals surface area contributed by atoms with Gasteiger partial charge in [0.25, 0.3) is 5.91 Å². The summed E-state index contributed by atoms with van der Waals surface area (Å²) in [6.07, 6.45) is 1.69. The third-order valence-electron chi connectivity index (χ3n) is 5.38. The summed E-state index contributed by atoms with van der Waals surface area (Å²) < 4.78 is 24.2. The van der Waals surface area contributed by atoms with Crippen molar-refractivity contribution in [2.24, 2.45) is 4.99 Å². The van der Waals surface area contributed by atoms with E-state index in [2.05, 4.69) is 26.2 Å². The lowest BCUT2D eigenvalue weighted by molar-refractivity contribution is -0.117. The van der Waals surface area contributed by atoms with Crippen LogP contribution in [0.1, 0.15) is 30.5 Å². The van der Waals surface area contributed by atoms with Gasteiger partial charge in [0.1, 0.15) is 13.2 Å². The van der Waals surface area contributed by atoms with Gasteiger partial charge in [0.15, 0.2) is 28.2 Å². The highest BCUT2D eigenvalue weighted by molar-refractivity contribution is 9.10. The van der Waals surface area contributed by atoms with Crippen LogP contribution in [-0.4, -0.2) is 30.7 Å². The zero-order valence-electron chi connectivity index (χ0n) is 21.7. The maximum absolute atomic E-state index is 12.2. The van der Waals surface area contributed by atoms with Gasteiger partial charge in [-0.05, 0) is 81.6 Å². The molecule has 202 valence electrons. The molecule has 0 saturated heterocycles. The maximum Gasteiger partial charge on any atom is 0.286 e. The van der Waals surface area contributed by atoms with Crippen molar-refractivity contribution in [1.82, 2.24) is 5.32 Å². The number of carbonyl (C=O) groups is 2. The van der Waals surface area contributed by atoms with Gasteiger partial charge < -0.3 is 24.3 Å². The van der Waals surface area contributed by atoms with Crippen LogP contribution in [0.2, 0.25) is 0 Å². The smallest absolute Gasteiger partial charge is 0.286 e. The van der Waals surface area contributed by atoms with Crippen LogP contribution >= 0.6 is 27.7 Å². The molecule has 1 aliphatic heterocycles. The van der Waals surface area contributed by atoms with Crippen LogP contribution in [0.3, 0.4) is 0 Å². The first-order valence-electron chi connectivity index (χ1n) is 12.1. The second kappa shape index (κ2) is 13.3. The van der Waals surface area contributed by atoms with Crippen molar-refractivity contribution in [2.45, 2.75) is 27.1 Å². The molecule has 0 bridgehead atoms. The Labute approximate surface area is 239 Å². The van der Waals surface area contributed by atoms with Crippen molar-refractivity contribution in [2.75, 3.05) is 13.7 Å². The quantitative estimate of drug-likeness (QED) is 0.276. The van der Waals surface area contributed by atoms with Crippen LogP contribution in [-0.2, 0) is 22.8 Å². The maximum atomic E-state index is 12.2. The van der Waals surface area contributed by atoms with Crippen LogP contribution in [0.4, 0.5) is 0 Å². The van der Waals surface area contributed by atoms with E-state index in [0.717, 1.165) is 22.9 Å². The van der Waals surface area contributed by atoms with E-state index >= 15 is 0 Å². The lowest BCUT2D eigenvalue weighted by atomic mass is 10.1. The van der Waals surface area contributed by atoms with Crippen LogP contribution in [0, 0.1) is 0 Å². The van der Waals surface area contributed by atoms with Crippen molar-refractivity contribution in [3.63, 3.8) is 0 Å². The SMILES string of the molecule is CCOc1cc(COc2c(Br)cc(/C=C3/SC(NC(C)=O)=NC3=O)cc2OC)ccc1OCc1ccccc1. The van der Waals surface area contributed by atoms with Crippen molar-refractivity contribution in [3.8, 4) is 23.0 Å². The average molecular weight is 612 g/mol. The van der Waals surface area contributed by atoms with Crippen LogP contribution in [0.5, 0.6) is 23.0 Å². The van der Waals surface area contributed by atoms with Crippen LogP contribution in [0.25, 0.3) is 6.08 Å². The molecular formula is C29H27BrN2O6S. The molecule has 0 spiro atoms. The molecule has 3 aromatic carbocycles. The fourth-order valence-electron chi connectivity index (χ4n) is 3.65. The van der Waals surface area contributed by atoms with Crippen molar-refractivity contribution >= 4 is 50.7 Å². The minimum absolute atomic E-state index is 0.257. The Morgan fingerprint density at radius 2 is 1.74 bits per heavy atom. The Morgan fingerprint density at radius 1 is 0.974 bits per heavy atom. The third-order valence-corrected chi connectivity index (χ3v) is 6.87. The molecule has 1 heterocycles.